The van der Waals surface area contributed by atoms with Crippen LogP contribution in [-0.4, -0.2) is 36.6 Å². The largest absolute Gasteiger partial charge is 0.369 e. The molecule has 0 aromatic heterocycles. The molecule has 0 saturated carbocycles. The van der Waals surface area contributed by atoms with Crippen LogP contribution < -0.4 is 0 Å². The van der Waals surface area contributed by atoms with Crippen LogP contribution in [0.2, 0.25) is 0 Å². The molecule has 1 saturated heterocycles. The van der Waals surface area contributed by atoms with E-state index in [2.05, 4.69) is 6.92 Å². The first-order chi connectivity index (χ1) is 7.13. The molecule has 0 aromatic carbocycles. The number of hydrogen-bond acceptors (Lipinski definition) is 2. The number of likely N-dealkylation sites (tertiary alicyclic amines) is 1. The third kappa shape index (κ3) is 4.20. The number of carbonyl (C=O) groups is 1. The summed E-state index contributed by atoms with van der Waals surface area (Å²) in [4.78, 5) is 13.6. The maximum atomic E-state index is 11.7. The molecule has 1 aliphatic heterocycles. The maximum absolute atomic E-state index is 11.7. The number of hydrogen-bond donors (Lipinski definition) is 0. The van der Waals surface area contributed by atoms with Crippen LogP contribution >= 0.6 is 0 Å². The van der Waals surface area contributed by atoms with Crippen molar-refractivity contribution in [2.75, 3.05) is 19.7 Å². The van der Waals surface area contributed by atoms with Gasteiger partial charge in [0.1, 0.15) is 6.61 Å². The van der Waals surface area contributed by atoms with Crippen molar-refractivity contribution in [2.45, 2.75) is 46.1 Å². The van der Waals surface area contributed by atoms with Gasteiger partial charge in [0, 0.05) is 13.1 Å². The van der Waals surface area contributed by atoms with E-state index in [0.717, 1.165) is 19.0 Å². The van der Waals surface area contributed by atoms with E-state index < -0.39 is 0 Å². The second kappa shape index (κ2) is 6.11. The molecule has 1 unspecified atom stereocenters. The predicted molar refractivity (Wildman–Crippen MR) is 60.7 cm³/mol. The van der Waals surface area contributed by atoms with E-state index in [1.807, 2.05) is 18.7 Å². The van der Waals surface area contributed by atoms with Crippen LogP contribution in [0.25, 0.3) is 0 Å². The average Bonchev–Trinajstić information content (AvgIpc) is 2.63. The summed E-state index contributed by atoms with van der Waals surface area (Å²) in [6.45, 7) is 8.22. The minimum Gasteiger partial charge on any atom is -0.369 e. The van der Waals surface area contributed by atoms with Gasteiger partial charge in [-0.05, 0) is 32.6 Å². The van der Waals surface area contributed by atoms with Crippen LogP contribution in [0.5, 0.6) is 0 Å². The Morgan fingerprint density at radius 1 is 1.53 bits per heavy atom. The molecular formula is C12H23NO2. The molecule has 0 aromatic rings. The topological polar surface area (TPSA) is 29.5 Å². The van der Waals surface area contributed by atoms with E-state index in [4.69, 9.17) is 4.74 Å². The number of nitrogens with zero attached hydrogens (tertiary/aromatic N) is 1. The van der Waals surface area contributed by atoms with Crippen molar-refractivity contribution in [1.82, 2.24) is 4.90 Å². The van der Waals surface area contributed by atoms with Crippen molar-refractivity contribution in [1.29, 1.82) is 0 Å². The van der Waals surface area contributed by atoms with Gasteiger partial charge in [-0.25, -0.2) is 0 Å². The molecule has 1 heterocycles. The molecule has 1 amide bonds. The summed E-state index contributed by atoms with van der Waals surface area (Å²) in [5, 5.41) is 0. The fourth-order valence-corrected chi connectivity index (χ4v) is 2.03. The third-order valence-corrected chi connectivity index (χ3v) is 2.88. The first-order valence-electron chi connectivity index (χ1n) is 6.02. The highest BCUT2D eigenvalue weighted by atomic mass is 16.5. The smallest absolute Gasteiger partial charge is 0.248 e. The zero-order valence-electron chi connectivity index (χ0n) is 10.2. The fraction of sp³-hybridized carbons (Fsp3) is 0.917. The molecule has 88 valence electrons. The van der Waals surface area contributed by atoms with Gasteiger partial charge in [-0.3, -0.25) is 4.79 Å². The number of carbonyl (C=O) groups excluding carboxylic acids is 1. The zero-order chi connectivity index (χ0) is 11.3. The molecule has 0 bridgehead atoms. The van der Waals surface area contributed by atoms with Crippen molar-refractivity contribution in [3.05, 3.63) is 0 Å². The Hall–Kier alpha value is -0.570. The Kier molecular flexibility index (Phi) is 5.09. The van der Waals surface area contributed by atoms with Crippen molar-refractivity contribution in [3.8, 4) is 0 Å². The van der Waals surface area contributed by atoms with Crippen LogP contribution in [-0.2, 0) is 9.53 Å². The number of amides is 1. The SMILES string of the molecule is CCCC1CCN(C(=O)COC(C)C)C1. The maximum Gasteiger partial charge on any atom is 0.248 e. The quantitative estimate of drug-likeness (QED) is 0.699. The van der Waals surface area contributed by atoms with Crippen molar-refractivity contribution < 1.29 is 9.53 Å². The van der Waals surface area contributed by atoms with E-state index in [0.29, 0.717) is 0 Å². The Morgan fingerprint density at radius 2 is 2.27 bits per heavy atom. The fourth-order valence-electron chi connectivity index (χ4n) is 2.03. The third-order valence-electron chi connectivity index (χ3n) is 2.88. The van der Waals surface area contributed by atoms with E-state index in [1.165, 1.54) is 19.3 Å². The van der Waals surface area contributed by atoms with Crippen molar-refractivity contribution in [2.24, 2.45) is 5.92 Å². The van der Waals surface area contributed by atoms with E-state index in [-0.39, 0.29) is 18.6 Å². The average molecular weight is 213 g/mol. The Bertz CT molecular complexity index is 204. The molecular weight excluding hydrogens is 190 g/mol. The van der Waals surface area contributed by atoms with Gasteiger partial charge < -0.3 is 9.64 Å². The van der Waals surface area contributed by atoms with Gasteiger partial charge in [0.05, 0.1) is 6.10 Å². The molecule has 1 fully saturated rings. The highest BCUT2D eigenvalue weighted by Gasteiger charge is 2.25. The van der Waals surface area contributed by atoms with Crippen molar-refractivity contribution in [3.63, 3.8) is 0 Å². The van der Waals surface area contributed by atoms with Gasteiger partial charge in [0.2, 0.25) is 5.91 Å². The van der Waals surface area contributed by atoms with Gasteiger partial charge in [0.25, 0.3) is 0 Å². The summed E-state index contributed by atoms with van der Waals surface area (Å²) in [5.74, 6) is 0.875. The molecule has 0 aliphatic carbocycles. The van der Waals surface area contributed by atoms with Crippen LogP contribution in [0.1, 0.15) is 40.0 Å². The molecule has 1 atom stereocenters. The van der Waals surface area contributed by atoms with Gasteiger partial charge in [-0.2, -0.15) is 0 Å². The van der Waals surface area contributed by atoms with E-state index in [9.17, 15) is 4.79 Å². The van der Waals surface area contributed by atoms with Gasteiger partial charge in [0.15, 0.2) is 0 Å². The van der Waals surface area contributed by atoms with Gasteiger partial charge in [-0.1, -0.05) is 13.3 Å². The minimum absolute atomic E-state index is 0.142. The molecule has 1 rings (SSSR count). The highest BCUT2D eigenvalue weighted by Crippen LogP contribution is 2.20. The van der Waals surface area contributed by atoms with Crippen molar-refractivity contribution >= 4 is 5.91 Å². The monoisotopic (exact) mass is 213 g/mol. The van der Waals surface area contributed by atoms with Crippen LogP contribution in [0.15, 0.2) is 0 Å². The summed E-state index contributed by atoms with van der Waals surface area (Å²) < 4.78 is 5.32. The lowest BCUT2D eigenvalue weighted by Crippen LogP contribution is -2.32. The predicted octanol–water partition coefficient (Wildman–Crippen LogP) is 2.06. The molecule has 0 radical (unpaired) electrons. The second-order valence-electron chi connectivity index (χ2n) is 4.64. The lowest BCUT2D eigenvalue weighted by Gasteiger charge is -2.17. The van der Waals surface area contributed by atoms with Crippen LogP contribution in [0.4, 0.5) is 0 Å². The summed E-state index contributed by atoms with van der Waals surface area (Å²) in [6, 6.07) is 0. The molecule has 0 spiro atoms. The Labute approximate surface area is 92.8 Å². The van der Waals surface area contributed by atoms with E-state index >= 15 is 0 Å². The summed E-state index contributed by atoms with van der Waals surface area (Å²) in [7, 11) is 0. The van der Waals surface area contributed by atoms with Gasteiger partial charge >= 0.3 is 0 Å². The van der Waals surface area contributed by atoms with Crippen LogP contribution in [0.3, 0.4) is 0 Å². The Balaban J connectivity index is 2.24. The first kappa shape index (κ1) is 12.5. The number of ether oxygens (including phenoxy) is 1. The highest BCUT2D eigenvalue weighted by molar-refractivity contribution is 5.77. The minimum atomic E-state index is 0.142. The first-order valence-corrected chi connectivity index (χ1v) is 6.02. The summed E-state index contributed by atoms with van der Waals surface area (Å²) in [5.41, 5.74) is 0. The summed E-state index contributed by atoms with van der Waals surface area (Å²) in [6.07, 6.45) is 3.77. The van der Waals surface area contributed by atoms with E-state index in [1.54, 1.807) is 0 Å². The Morgan fingerprint density at radius 3 is 2.87 bits per heavy atom. The summed E-state index contributed by atoms with van der Waals surface area (Å²) >= 11 is 0. The zero-order valence-corrected chi connectivity index (χ0v) is 10.2. The second-order valence-corrected chi connectivity index (χ2v) is 4.64. The van der Waals surface area contributed by atoms with Crippen LogP contribution in [0, 0.1) is 5.92 Å². The molecule has 0 N–H and O–H groups in total. The lowest BCUT2D eigenvalue weighted by molar-refractivity contribution is -0.136. The normalized spacial score (nSPS) is 21.3. The lowest BCUT2D eigenvalue weighted by atomic mass is 10.0. The number of rotatable bonds is 5. The molecule has 15 heavy (non-hydrogen) atoms. The molecule has 3 nitrogen and oxygen atoms in total. The molecule has 3 heteroatoms. The van der Waals surface area contributed by atoms with Gasteiger partial charge in [-0.15, -0.1) is 0 Å². The standard InChI is InChI=1S/C12H23NO2/c1-4-5-11-6-7-13(8-11)12(14)9-15-10(2)3/h10-11H,4-9H2,1-3H3. The molecule has 1 aliphatic rings.